The molecule has 1 heterocycles. The summed E-state index contributed by atoms with van der Waals surface area (Å²) in [7, 11) is -2.40. The van der Waals surface area contributed by atoms with Gasteiger partial charge < -0.3 is 9.47 Å². The Kier molecular flexibility index (Phi) is 8.61. The van der Waals surface area contributed by atoms with Crippen LogP contribution < -0.4 is 9.47 Å². The van der Waals surface area contributed by atoms with Crippen molar-refractivity contribution >= 4 is 54.9 Å². The van der Waals surface area contributed by atoms with Gasteiger partial charge in [0.1, 0.15) is 0 Å². The van der Waals surface area contributed by atoms with E-state index in [1.54, 1.807) is 44.4 Å². The number of nitrogens with zero attached hydrogens (tertiary/aromatic N) is 2. The van der Waals surface area contributed by atoms with E-state index in [0.717, 1.165) is 34.6 Å². The molecule has 0 spiro atoms. The lowest BCUT2D eigenvalue weighted by molar-refractivity contribution is -0.122. The average molecular weight is 554 g/mol. The molecule has 0 aliphatic carbocycles. The molecule has 2 aromatic carbocycles. The second kappa shape index (κ2) is 11.2. The normalized spacial score (nSPS) is 16.6. The number of sulfonamides is 1. The number of hydrogen-bond acceptors (Lipinski definition) is 6. The highest BCUT2D eigenvalue weighted by Crippen LogP contribution is 2.35. The summed E-state index contributed by atoms with van der Waals surface area (Å²) >= 11 is 4.32. The first-order chi connectivity index (χ1) is 15.8. The number of hydrogen-bond donors (Lipinski definition) is 0. The van der Waals surface area contributed by atoms with E-state index in [9.17, 15) is 13.2 Å². The average Bonchev–Trinajstić information content (AvgIpc) is 3.08. The van der Waals surface area contributed by atoms with Gasteiger partial charge in [-0.1, -0.05) is 35.3 Å². The standard InChI is InChI=1S/C23H25BrN2O5S2/c1-4-6-13-31-19-12-7-16(14-20(19)30-3)15-21-22(27)26(5-2)23(32-21)25-33(28,29)18-10-8-17(24)9-11-18/h7-12,14-15H,4-6,13H2,1-3H3/b21-15-,25-23+. The maximum absolute atomic E-state index is 12.9. The van der Waals surface area contributed by atoms with E-state index < -0.39 is 10.0 Å². The fraction of sp³-hybridized carbons (Fsp3) is 0.304. The van der Waals surface area contributed by atoms with E-state index in [1.165, 1.54) is 17.0 Å². The molecule has 7 nitrogen and oxygen atoms in total. The molecule has 0 aromatic heterocycles. The van der Waals surface area contributed by atoms with Gasteiger partial charge in [-0.15, -0.1) is 4.40 Å². The number of halogens is 1. The molecule has 0 saturated carbocycles. The Morgan fingerprint density at radius 2 is 1.85 bits per heavy atom. The van der Waals surface area contributed by atoms with Crippen molar-refractivity contribution in [3.8, 4) is 11.5 Å². The van der Waals surface area contributed by atoms with Crippen molar-refractivity contribution in [3.05, 3.63) is 57.4 Å². The van der Waals surface area contributed by atoms with Crippen LogP contribution in [0.4, 0.5) is 0 Å². The first-order valence-corrected chi connectivity index (χ1v) is 13.5. The molecule has 33 heavy (non-hydrogen) atoms. The molecular weight excluding hydrogens is 528 g/mol. The van der Waals surface area contributed by atoms with Gasteiger partial charge in [-0.05, 0) is 73.1 Å². The van der Waals surface area contributed by atoms with E-state index >= 15 is 0 Å². The molecule has 0 N–H and O–H groups in total. The topological polar surface area (TPSA) is 85.3 Å². The van der Waals surface area contributed by atoms with Crippen LogP contribution in [0.25, 0.3) is 6.08 Å². The van der Waals surface area contributed by atoms with Crippen molar-refractivity contribution in [1.82, 2.24) is 4.90 Å². The number of rotatable bonds is 9. The molecule has 1 aliphatic heterocycles. The first kappa shape index (κ1) is 25.3. The van der Waals surface area contributed by atoms with Crippen LogP contribution in [-0.4, -0.2) is 44.7 Å². The fourth-order valence-corrected chi connectivity index (χ4v) is 5.50. The van der Waals surface area contributed by atoms with Gasteiger partial charge in [-0.2, -0.15) is 8.42 Å². The predicted molar refractivity (Wildman–Crippen MR) is 135 cm³/mol. The Morgan fingerprint density at radius 3 is 2.48 bits per heavy atom. The summed E-state index contributed by atoms with van der Waals surface area (Å²) in [5.41, 5.74) is 0.735. The number of unbranched alkanes of at least 4 members (excludes halogenated alkanes) is 1. The second-order valence-corrected chi connectivity index (χ2v) is 10.6. The number of likely N-dealkylation sites (N-methyl/N-ethyl adjacent to an activating group) is 1. The van der Waals surface area contributed by atoms with Crippen LogP contribution in [0.2, 0.25) is 0 Å². The van der Waals surface area contributed by atoms with Crippen molar-refractivity contribution in [3.63, 3.8) is 0 Å². The number of methoxy groups -OCH3 is 1. The monoisotopic (exact) mass is 552 g/mol. The molecular formula is C23H25BrN2O5S2. The van der Waals surface area contributed by atoms with E-state index in [1.807, 2.05) is 6.07 Å². The minimum atomic E-state index is -3.96. The summed E-state index contributed by atoms with van der Waals surface area (Å²) < 4.78 is 41.4. The number of amides is 1. The number of ether oxygens (including phenoxy) is 2. The summed E-state index contributed by atoms with van der Waals surface area (Å²) in [4.78, 5) is 14.7. The van der Waals surface area contributed by atoms with Crippen molar-refractivity contribution in [2.24, 2.45) is 4.40 Å². The molecule has 2 aromatic rings. The van der Waals surface area contributed by atoms with Crippen molar-refractivity contribution in [2.75, 3.05) is 20.3 Å². The quantitative estimate of drug-likeness (QED) is 0.309. The third kappa shape index (κ3) is 6.18. The molecule has 0 unspecified atom stereocenters. The largest absolute Gasteiger partial charge is 0.493 e. The third-order valence-electron chi connectivity index (χ3n) is 4.75. The molecule has 1 amide bonds. The number of benzene rings is 2. The van der Waals surface area contributed by atoms with Crippen molar-refractivity contribution < 1.29 is 22.7 Å². The van der Waals surface area contributed by atoms with Crippen molar-refractivity contribution in [2.45, 2.75) is 31.6 Å². The predicted octanol–water partition coefficient (Wildman–Crippen LogP) is 5.32. The van der Waals surface area contributed by atoms with Gasteiger partial charge in [0.2, 0.25) is 0 Å². The lowest BCUT2D eigenvalue weighted by Crippen LogP contribution is -2.29. The maximum Gasteiger partial charge on any atom is 0.284 e. The lowest BCUT2D eigenvalue weighted by atomic mass is 10.2. The van der Waals surface area contributed by atoms with Crippen LogP contribution in [0, 0.1) is 0 Å². The molecule has 0 atom stereocenters. The zero-order valence-electron chi connectivity index (χ0n) is 18.6. The number of thioether (sulfide) groups is 1. The Morgan fingerprint density at radius 1 is 1.12 bits per heavy atom. The number of amidine groups is 1. The summed E-state index contributed by atoms with van der Waals surface area (Å²) in [6, 6.07) is 11.6. The van der Waals surface area contributed by atoms with Crippen LogP contribution in [0.3, 0.4) is 0 Å². The first-order valence-electron chi connectivity index (χ1n) is 10.4. The number of carbonyl (C=O) groups excluding carboxylic acids is 1. The fourth-order valence-electron chi connectivity index (χ4n) is 2.99. The number of carbonyl (C=O) groups is 1. The molecule has 0 radical (unpaired) electrons. The molecule has 176 valence electrons. The summed E-state index contributed by atoms with van der Waals surface area (Å²) in [5.74, 6) is 0.904. The lowest BCUT2D eigenvalue weighted by Gasteiger charge is -2.12. The molecule has 10 heteroatoms. The van der Waals surface area contributed by atoms with Crippen LogP contribution in [-0.2, 0) is 14.8 Å². The van der Waals surface area contributed by atoms with Crippen LogP contribution in [0.1, 0.15) is 32.3 Å². The Balaban J connectivity index is 1.89. The molecule has 1 fully saturated rings. The highest BCUT2D eigenvalue weighted by atomic mass is 79.9. The van der Waals surface area contributed by atoms with Gasteiger partial charge in [0, 0.05) is 11.0 Å². The maximum atomic E-state index is 12.9. The Bertz CT molecular complexity index is 1180. The summed E-state index contributed by atoms with van der Waals surface area (Å²) in [6.07, 6.45) is 3.67. The molecule has 1 saturated heterocycles. The smallest absolute Gasteiger partial charge is 0.284 e. The van der Waals surface area contributed by atoms with Crippen LogP contribution >= 0.6 is 27.7 Å². The van der Waals surface area contributed by atoms with Crippen LogP contribution in [0.15, 0.2) is 61.1 Å². The van der Waals surface area contributed by atoms with E-state index in [0.29, 0.717) is 29.6 Å². The molecule has 3 rings (SSSR count). The van der Waals surface area contributed by atoms with E-state index in [-0.39, 0.29) is 16.0 Å². The van der Waals surface area contributed by atoms with Gasteiger partial charge in [-0.25, -0.2) is 0 Å². The Labute approximate surface area is 207 Å². The van der Waals surface area contributed by atoms with Gasteiger partial charge in [-0.3, -0.25) is 9.69 Å². The Hall–Kier alpha value is -2.30. The zero-order chi connectivity index (χ0) is 24.0. The minimum absolute atomic E-state index is 0.0585. The summed E-state index contributed by atoms with van der Waals surface area (Å²) in [5, 5.41) is 0.128. The molecule has 0 bridgehead atoms. The molecule has 1 aliphatic rings. The minimum Gasteiger partial charge on any atom is -0.493 e. The van der Waals surface area contributed by atoms with Crippen LogP contribution in [0.5, 0.6) is 11.5 Å². The van der Waals surface area contributed by atoms with E-state index in [4.69, 9.17) is 9.47 Å². The van der Waals surface area contributed by atoms with Gasteiger partial charge in [0.05, 0.1) is 23.5 Å². The third-order valence-corrected chi connectivity index (χ3v) is 7.69. The highest BCUT2D eigenvalue weighted by molar-refractivity contribution is 9.10. The highest BCUT2D eigenvalue weighted by Gasteiger charge is 2.34. The van der Waals surface area contributed by atoms with Gasteiger partial charge in [0.15, 0.2) is 16.7 Å². The van der Waals surface area contributed by atoms with Gasteiger partial charge in [0.25, 0.3) is 15.9 Å². The zero-order valence-corrected chi connectivity index (χ0v) is 21.8. The van der Waals surface area contributed by atoms with Gasteiger partial charge >= 0.3 is 0 Å². The SMILES string of the molecule is CCCCOc1ccc(/C=C2\S/C(=N/S(=O)(=O)c3ccc(Br)cc3)N(CC)C2=O)cc1OC. The van der Waals surface area contributed by atoms with Crippen molar-refractivity contribution in [1.29, 1.82) is 0 Å². The second-order valence-electron chi connectivity index (χ2n) is 7.08. The van der Waals surface area contributed by atoms with E-state index in [2.05, 4.69) is 27.3 Å². The summed E-state index contributed by atoms with van der Waals surface area (Å²) in [6.45, 7) is 4.76.